The van der Waals surface area contributed by atoms with Crippen molar-refractivity contribution in [2.45, 2.75) is 20.0 Å². The Morgan fingerprint density at radius 2 is 2.00 bits per heavy atom. The van der Waals surface area contributed by atoms with Gasteiger partial charge in [0.15, 0.2) is 0 Å². The van der Waals surface area contributed by atoms with Gasteiger partial charge in [-0.1, -0.05) is 0 Å². The fourth-order valence-electron chi connectivity index (χ4n) is 0.172. The van der Waals surface area contributed by atoms with Crippen molar-refractivity contribution >= 4 is 25.6 Å². The van der Waals surface area contributed by atoms with Gasteiger partial charge in [-0.05, 0) is 18.4 Å². The molecule has 0 aliphatic heterocycles. The molecular formula is C3H7AlO3P+3. The van der Waals surface area contributed by atoms with Crippen molar-refractivity contribution in [2.75, 3.05) is 0 Å². The molecule has 0 amide bonds. The molecule has 42 valence electrons. The van der Waals surface area contributed by atoms with E-state index < -0.39 is 8.25 Å². The first-order valence-corrected chi connectivity index (χ1v) is 3.03. The first-order chi connectivity index (χ1) is 3.13. The van der Waals surface area contributed by atoms with Gasteiger partial charge in [0.05, 0.1) is 0 Å². The van der Waals surface area contributed by atoms with Crippen LogP contribution in [-0.2, 0) is 9.09 Å². The van der Waals surface area contributed by atoms with Crippen molar-refractivity contribution in [3.05, 3.63) is 0 Å². The van der Waals surface area contributed by atoms with Gasteiger partial charge in [0.25, 0.3) is 0 Å². The number of hydrogen-bond acceptors (Lipinski definition) is 3. The number of hydrogen-bond donors (Lipinski definition) is 0. The van der Waals surface area contributed by atoms with Crippen LogP contribution in [0.3, 0.4) is 0 Å². The van der Waals surface area contributed by atoms with Gasteiger partial charge in [-0.15, -0.1) is 4.52 Å². The van der Waals surface area contributed by atoms with Crippen LogP contribution in [-0.4, -0.2) is 23.5 Å². The maximum Gasteiger partial charge on any atom is 3.00 e. The first-order valence-electron chi connectivity index (χ1n) is 1.94. The van der Waals surface area contributed by atoms with Crippen LogP contribution in [0.2, 0.25) is 0 Å². The van der Waals surface area contributed by atoms with E-state index in [1.807, 2.05) is 0 Å². The minimum Gasteiger partial charge on any atom is -0.566 e. The van der Waals surface area contributed by atoms with Gasteiger partial charge in [-0.25, -0.2) is 0 Å². The van der Waals surface area contributed by atoms with E-state index in [2.05, 4.69) is 4.52 Å². The predicted molar refractivity (Wildman–Crippen MR) is 29.6 cm³/mol. The van der Waals surface area contributed by atoms with Crippen molar-refractivity contribution < 1.29 is 14.0 Å². The van der Waals surface area contributed by atoms with Gasteiger partial charge >= 0.3 is 25.6 Å². The standard InChI is InChI=1S/C3H7O3P.Al/c1-3(2)6-7(4)5;/h3H,1-2H3;/q;+3. The SMILES string of the molecule is CC(C)O[P+](=O)[O-].[Al+3]. The summed E-state index contributed by atoms with van der Waals surface area (Å²) in [6, 6.07) is 0. The monoisotopic (exact) mass is 149 g/mol. The molecule has 0 aromatic carbocycles. The van der Waals surface area contributed by atoms with Crippen LogP contribution in [0.25, 0.3) is 0 Å². The molecule has 0 N–H and O–H groups in total. The minimum absolute atomic E-state index is 0. The zero-order valence-electron chi connectivity index (χ0n) is 4.83. The fourth-order valence-corrected chi connectivity index (χ4v) is 0.516. The molecule has 0 radical (unpaired) electrons. The molecular weight excluding hydrogens is 142 g/mol. The van der Waals surface area contributed by atoms with E-state index in [1.165, 1.54) is 0 Å². The minimum atomic E-state index is -2.64. The third-order valence-corrected chi connectivity index (χ3v) is 0.891. The molecule has 0 aliphatic carbocycles. The van der Waals surface area contributed by atoms with E-state index in [9.17, 15) is 9.46 Å². The van der Waals surface area contributed by atoms with Gasteiger partial charge in [0.2, 0.25) is 0 Å². The molecule has 0 aliphatic rings. The molecule has 0 saturated heterocycles. The third kappa shape index (κ3) is 9.75. The first kappa shape index (κ1) is 11.4. The average molecular weight is 149 g/mol. The topological polar surface area (TPSA) is 49.4 Å². The van der Waals surface area contributed by atoms with Crippen molar-refractivity contribution in [3.63, 3.8) is 0 Å². The normalized spacial score (nSPS) is 10.8. The summed E-state index contributed by atoms with van der Waals surface area (Å²) in [7, 11) is -2.64. The van der Waals surface area contributed by atoms with Crippen LogP contribution in [0, 0.1) is 0 Å². The maximum atomic E-state index is 9.62. The van der Waals surface area contributed by atoms with Crippen LogP contribution in [0.15, 0.2) is 0 Å². The van der Waals surface area contributed by atoms with Crippen LogP contribution in [0.5, 0.6) is 0 Å². The Morgan fingerprint density at radius 3 is 2.00 bits per heavy atom. The van der Waals surface area contributed by atoms with Crippen molar-refractivity contribution in [2.24, 2.45) is 0 Å². The second kappa shape index (κ2) is 5.68. The maximum absolute atomic E-state index is 9.62. The summed E-state index contributed by atoms with van der Waals surface area (Å²) >= 11 is 0. The second-order valence-electron chi connectivity index (χ2n) is 1.38. The largest absolute Gasteiger partial charge is 3.00 e. The summed E-state index contributed by atoms with van der Waals surface area (Å²) in [4.78, 5) is 9.62. The van der Waals surface area contributed by atoms with Gasteiger partial charge in [0, 0.05) is 0 Å². The summed E-state index contributed by atoms with van der Waals surface area (Å²) in [5.74, 6) is 0. The number of rotatable bonds is 2. The molecule has 0 aromatic rings. The molecule has 5 heteroatoms. The molecule has 0 spiro atoms. The van der Waals surface area contributed by atoms with Crippen LogP contribution in [0.4, 0.5) is 0 Å². The predicted octanol–water partition coefficient (Wildman–Crippen LogP) is 0.0483. The summed E-state index contributed by atoms with van der Waals surface area (Å²) in [6.45, 7) is 3.32. The average Bonchev–Trinajstić information content (AvgIpc) is 1.27. The quantitative estimate of drug-likeness (QED) is 0.411. The third-order valence-electron chi connectivity index (χ3n) is 0.297. The van der Waals surface area contributed by atoms with Crippen LogP contribution < -0.4 is 4.89 Å². The Labute approximate surface area is 60.1 Å². The van der Waals surface area contributed by atoms with Crippen LogP contribution in [0.1, 0.15) is 13.8 Å². The summed E-state index contributed by atoms with van der Waals surface area (Å²) in [5.41, 5.74) is 0. The van der Waals surface area contributed by atoms with E-state index in [1.54, 1.807) is 13.8 Å². The van der Waals surface area contributed by atoms with Gasteiger partial charge in [0.1, 0.15) is 6.10 Å². The van der Waals surface area contributed by atoms with Gasteiger partial charge in [-0.2, -0.15) is 0 Å². The summed E-state index contributed by atoms with van der Waals surface area (Å²) in [6.07, 6.45) is -0.221. The Bertz CT molecular complexity index is 74.9. The molecule has 1 atom stereocenters. The smallest absolute Gasteiger partial charge is 0.566 e. The van der Waals surface area contributed by atoms with E-state index in [-0.39, 0.29) is 23.5 Å². The van der Waals surface area contributed by atoms with E-state index in [4.69, 9.17) is 0 Å². The molecule has 0 fully saturated rings. The molecule has 0 aromatic heterocycles. The summed E-state index contributed by atoms with van der Waals surface area (Å²) in [5, 5.41) is 0. The Hall–Kier alpha value is 0.552. The van der Waals surface area contributed by atoms with E-state index in [0.29, 0.717) is 0 Å². The molecule has 0 bridgehead atoms. The van der Waals surface area contributed by atoms with Crippen molar-refractivity contribution in [1.82, 2.24) is 0 Å². The fraction of sp³-hybridized carbons (Fsp3) is 1.00. The second-order valence-corrected chi connectivity index (χ2v) is 2.04. The van der Waals surface area contributed by atoms with E-state index >= 15 is 0 Å². The van der Waals surface area contributed by atoms with Crippen molar-refractivity contribution in [1.29, 1.82) is 0 Å². The molecule has 3 nitrogen and oxygen atoms in total. The molecule has 0 heterocycles. The van der Waals surface area contributed by atoms with Crippen LogP contribution >= 0.6 is 8.25 Å². The Morgan fingerprint density at radius 1 is 1.62 bits per heavy atom. The van der Waals surface area contributed by atoms with Crippen molar-refractivity contribution in [3.8, 4) is 0 Å². The van der Waals surface area contributed by atoms with E-state index in [0.717, 1.165) is 0 Å². The van der Waals surface area contributed by atoms with Gasteiger partial charge < -0.3 is 4.89 Å². The zero-order chi connectivity index (χ0) is 5.86. The summed E-state index contributed by atoms with van der Waals surface area (Å²) < 4.78 is 13.8. The Kier molecular flexibility index (Phi) is 8.07. The molecule has 1 unspecified atom stereocenters. The molecule has 8 heavy (non-hydrogen) atoms. The zero-order valence-corrected chi connectivity index (χ0v) is 6.88. The van der Waals surface area contributed by atoms with Gasteiger partial charge in [-0.3, -0.25) is 0 Å². The Balaban J connectivity index is 0. The molecule has 0 rings (SSSR count). The molecule has 0 saturated carbocycles.